The summed E-state index contributed by atoms with van der Waals surface area (Å²) in [4.78, 5) is 16.7. The quantitative estimate of drug-likeness (QED) is 0.893. The van der Waals surface area contributed by atoms with Crippen LogP contribution in [0.25, 0.3) is 0 Å². The lowest BCUT2D eigenvalue weighted by Crippen LogP contribution is -2.49. The zero-order valence-corrected chi connectivity index (χ0v) is 15.3. The maximum absolute atomic E-state index is 12.2. The molecule has 0 saturated carbocycles. The summed E-state index contributed by atoms with van der Waals surface area (Å²) in [5.74, 6) is 0.0828. The summed E-state index contributed by atoms with van der Waals surface area (Å²) in [6, 6.07) is 16.1. The Kier molecular flexibility index (Phi) is 5.95. The van der Waals surface area contributed by atoms with E-state index in [1.807, 2.05) is 30.3 Å². The SMILES string of the molecule is Cc1ccccc1CNC(=O)CN1CCN(c2cccc(Cl)c2)CC1. The minimum atomic E-state index is 0.0828. The van der Waals surface area contributed by atoms with E-state index in [2.05, 4.69) is 40.2 Å². The largest absolute Gasteiger partial charge is 0.369 e. The van der Waals surface area contributed by atoms with Crippen molar-refractivity contribution in [3.8, 4) is 0 Å². The average Bonchev–Trinajstić information content (AvgIpc) is 2.62. The molecular formula is C20H24ClN3O. The normalized spacial score (nSPS) is 15.2. The van der Waals surface area contributed by atoms with Gasteiger partial charge in [0.25, 0.3) is 0 Å². The Bertz CT molecular complexity index is 726. The minimum absolute atomic E-state index is 0.0828. The summed E-state index contributed by atoms with van der Waals surface area (Å²) in [6.07, 6.45) is 0. The molecule has 4 nitrogen and oxygen atoms in total. The number of amides is 1. The summed E-state index contributed by atoms with van der Waals surface area (Å²) in [5.41, 5.74) is 3.52. The highest BCUT2D eigenvalue weighted by Crippen LogP contribution is 2.20. The van der Waals surface area contributed by atoms with Crippen molar-refractivity contribution in [2.45, 2.75) is 13.5 Å². The monoisotopic (exact) mass is 357 g/mol. The summed E-state index contributed by atoms with van der Waals surface area (Å²) >= 11 is 6.07. The van der Waals surface area contributed by atoms with Crippen LogP contribution in [0.4, 0.5) is 5.69 Å². The predicted molar refractivity (Wildman–Crippen MR) is 103 cm³/mol. The van der Waals surface area contributed by atoms with Gasteiger partial charge >= 0.3 is 0 Å². The number of hydrogen-bond acceptors (Lipinski definition) is 3. The molecule has 132 valence electrons. The highest BCUT2D eigenvalue weighted by atomic mass is 35.5. The molecule has 0 atom stereocenters. The first-order chi connectivity index (χ1) is 12.1. The molecule has 0 spiro atoms. The van der Waals surface area contributed by atoms with Crippen molar-refractivity contribution in [2.24, 2.45) is 0 Å². The Labute approximate surface area is 154 Å². The molecule has 1 aliphatic heterocycles. The lowest BCUT2D eigenvalue weighted by atomic mass is 10.1. The lowest BCUT2D eigenvalue weighted by molar-refractivity contribution is -0.122. The summed E-state index contributed by atoms with van der Waals surface area (Å²) in [7, 11) is 0. The number of carbonyl (C=O) groups excluding carboxylic acids is 1. The van der Waals surface area contributed by atoms with Gasteiger partial charge in [0, 0.05) is 43.4 Å². The maximum Gasteiger partial charge on any atom is 0.234 e. The standard InChI is InChI=1S/C20H24ClN3O/c1-16-5-2-3-6-17(16)14-22-20(25)15-23-9-11-24(12-10-23)19-8-4-7-18(21)13-19/h2-8,13H,9-12,14-15H2,1H3,(H,22,25). The van der Waals surface area contributed by atoms with Gasteiger partial charge in [-0.05, 0) is 36.2 Å². The molecule has 1 amide bonds. The molecule has 1 fully saturated rings. The third-order valence-corrected chi connectivity index (χ3v) is 4.89. The smallest absolute Gasteiger partial charge is 0.234 e. The number of nitrogens with zero attached hydrogens (tertiary/aromatic N) is 2. The molecule has 1 N–H and O–H groups in total. The van der Waals surface area contributed by atoms with E-state index in [0.29, 0.717) is 13.1 Å². The number of benzene rings is 2. The van der Waals surface area contributed by atoms with Crippen LogP contribution in [-0.2, 0) is 11.3 Å². The van der Waals surface area contributed by atoms with E-state index in [-0.39, 0.29) is 5.91 Å². The van der Waals surface area contributed by atoms with E-state index in [0.717, 1.165) is 36.9 Å². The number of nitrogens with one attached hydrogen (secondary N) is 1. The second kappa shape index (κ2) is 8.37. The molecule has 1 saturated heterocycles. The number of halogens is 1. The van der Waals surface area contributed by atoms with Gasteiger partial charge in [-0.25, -0.2) is 0 Å². The van der Waals surface area contributed by atoms with E-state index < -0.39 is 0 Å². The Morgan fingerprint density at radius 3 is 2.56 bits per heavy atom. The van der Waals surface area contributed by atoms with Gasteiger partial charge < -0.3 is 10.2 Å². The Hall–Kier alpha value is -2.04. The van der Waals surface area contributed by atoms with Crippen LogP contribution < -0.4 is 10.2 Å². The van der Waals surface area contributed by atoms with E-state index in [1.54, 1.807) is 0 Å². The molecule has 5 heteroatoms. The van der Waals surface area contributed by atoms with Crippen molar-refractivity contribution in [3.05, 3.63) is 64.7 Å². The van der Waals surface area contributed by atoms with E-state index in [4.69, 9.17) is 11.6 Å². The van der Waals surface area contributed by atoms with Crippen LogP contribution >= 0.6 is 11.6 Å². The van der Waals surface area contributed by atoms with Crippen molar-refractivity contribution < 1.29 is 4.79 Å². The van der Waals surface area contributed by atoms with Gasteiger partial charge in [-0.15, -0.1) is 0 Å². The Morgan fingerprint density at radius 1 is 1.08 bits per heavy atom. The summed E-state index contributed by atoms with van der Waals surface area (Å²) in [6.45, 7) is 6.69. The third kappa shape index (κ3) is 4.97. The molecule has 25 heavy (non-hydrogen) atoms. The molecular weight excluding hydrogens is 334 g/mol. The number of hydrogen-bond donors (Lipinski definition) is 1. The van der Waals surface area contributed by atoms with Crippen LogP contribution in [0.5, 0.6) is 0 Å². The number of aryl methyl sites for hydroxylation is 1. The second-order valence-corrected chi connectivity index (χ2v) is 6.88. The maximum atomic E-state index is 12.2. The van der Waals surface area contributed by atoms with Gasteiger partial charge in [0.2, 0.25) is 5.91 Å². The van der Waals surface area contributed by atoms with Crippen LogP contribution in [0, 0.1) is 6.92 Å². The Balaban J connectivity index is 1.44. The van der Waals surface area contributed by atoms with Crippen LogP contribution in [0.15, 0.2) is 48.5 Å². The predicted octanol–water partition coefficient (Wildman–Crippen LogP) is 3.09. The molecule has 1 aliphatic rings. The second-order valence-electron chi connectivity index (χ2n) is 6.45. The first-order valence-corrected chi connectivity index (χ1v) is 9.04. The third-order valence-electron chi connectivity index (χ3n) is 4.65. The molecule has 2 aromatic rings. The molecule has 0 bridgehead atoms. The van der Waals surface area contributed by atoms with Gasteiger partial charge in [0.1, 0.15) is 0 Å². The van der Waals surface area contributed by atoms with E-state index in [9.17, 15) is 4.79 Å². The zero-order valence-electron chi connectivity index (χ0n) is 14.5. The number of rotatable bonds is 5. The van der Waals surface area contributed by atoms with Gasteiger partial charge in [-0.2, -0.15) is 0 Å². The van der Waals surface area contributed by atoms with Crippen LogP contribution in [-0.4, -0.2) is 43.5 Å². The van der Waals surface area contributed by atoms with Crippen LogP contribution in [0.1, 0.15) is 11.1 Å². The van der Waals surface area contributed by atoms with Crippen molar-refractivity contribution in [2.75, 3.05) is 37.6 Å². The number of carbonyl (C=O) groups is 1. The summed E-state index contributed by atoms with van der Waals surface area (Å²) in [5, 5.41) is 3.79. The molecule has 0 aromatic heterocycles. The molecule has 1 heterocycles. The number of anilines is 1. The van der Waals surface area contributed by atoms with Gasteiger partial charge in [0.15, 0.2) is 0 Å². The molecule has 3 rings (SSSR count). The van der Waals surface area contributed by atoms with E-state index in [1.165, 1.54) is 11.1 Å². The van der Waals surface area contributed by atoms with Gasteiger partial charge in [-0.3, -0.25) is 9.69 Å². The van der Waals surface area contributed by atoms with Crippen molar-refractivity contribution >= 4 is 23.2 Å². The van der Waals surface area contributed by atoms with Gasteiger partial charge in [-0.1, -0.05) is 41.9 Å². The first kappa shape index (κ1) is 17.8. The van der Waals surface area contributed by atoms with Gasteiger partial charge in [0.05, 0.1) is 6.54 Å². The van der Waals surface area contributed by atoms with Crippen LogP contribution in [0.2, 0.25) is 5.02 Å². The highest BCUT2D eigenvalue weighted by Gasteiger charge is 2.19. The fraction of sp³-hybridized carbons (Fsp3) is 0.350. The van der Waals surface area contributed by atoms with Crippen molar-refractivity contribution in [1.29, 1.82) is 0 Å². The minimum Gasteiger partial charge on any atom is -0.369 e. The number of piperazine rings is 1. The highest BCUT2D eigenvalue weighted by molar-refractivity contribution is 6.30. The first-order valence-electron chi connectivity index (χ1n) is 8.66. The van der Waals surface area contributed by atoms with Crippen molar-refractivity contribution in [1.82, 2.24) is 10.2 Å². The molecule has 0 unspecified atom stereocenters. The van der Waals surface area contributed by atoms with Crippen LogP contribution in [0.3, 0.4) is 0 Å². The lowest BCUT2D eigenvalue weighted by Gasteiger charge is -2.35. The fourth-order valence-corrected chi connectivity index (χ4v) is 3.28. The Morgan fingerprint density at radius 2 is 1.84 bits per heavy atom. The fourth-order valence-electron chi connectivity index (χ4n) is 3.10. The molecule has 2 aromatic carbocycles. The molecule has 0 aliphatic carbocycles. The average molecular weight is 358 g/mol. The summed E-state index contributed by atoms with van der Waals surface area (Å²) < 4.78 is 0. The topological polar surface area (TPSA) is 35.6 Å². The van der Waals surface area contributed by atoms with E-state index >= 15 is 0 Å². The molecule has 0 radical (unpaired) electrons. The zero-order chi connectivity index (χ0) is 17.6. The van der Waals surface area contributed by atoms with Crippen molar-refractivity contribution in [3.63, 3.8) is 0 Å².